The van der Waals surface area contributed by atoms with Crippen molar-refractivity contribution in [2.24, 2.45) is 0 Å². The number of aromatic nitrogens is 3. The predicted molar refractivity (Wildman–Crippen MR) is 135 cm³/mol. The van der Waals surface area contributed by atoms with E-state index in [2.05, 4.69) is 15.8 Å². The largest absolute Gasteiger partial charge is 0.491 e. The van der Waals surface area contributed by atoms with E-state index in [0.717, 1.165) is 41.2 Å². The van der Waals surface area contributed by atoms with Crippen LogP contribution in [-0.2, 0) is 4.74 Å². The average molecular weight is 502 g/mol. The van der Waals surface area contributed by atoms with E-state index in [9.17, 15) is 5.11 Å². The Balaban J connectivity index is 1.73. The van der Waals surface area contributed by atoms with Crippen LogP contribution in [0.4, 0.5) is 5.82 Å². The van der Waals surface area contributed by atoms with E-state index in [1.165, 1.54) is 0 Å². The van der Waals surface area contributed by atoms with Crippen molar-refractivity contribution in [2.45, 2.75) is 51.9 Å². The molecule has 10 heteroatoms. The molecule has 0 saturated heterocycles. The van der Waals surface area contributed by atoms with Gasteiger partial charge >= 0.3 is 0 Å². The maximum absolute atomic E-state index is 9.99. The molecule has 1 fully saturated rings. The van der Waals surface area contributed by atoms with Crippen LogP contribution in [-0.4, -0.2) is 65.8 Å². The number of aliphatic hydroxyl groups is 1. The minimum absolute atomic E-state index is 0.149. The Morgan fingerprint density at radius 2 is 2.00 bits per heavy atom. The van der Waals surface area contributed by atoms with Crippen LogP contribution >= 0.6 is 11.6 Å². The lowest BCUT2D eigenvalue weighted by molar-refractivity contribution is 0.0328. The fourth-order valence-corrected chi connectivity index (χ4v) is 4.37. The maximum atomic E-state index is 9.99. The van der Waals surface area contributed by atoms with Gasteiger partial charge in [-0.05, 0) is 58.9 Å². The molecule has 0 radical (unpaired) electrons. The average Bonchev–Trinajstić information content (AvgIpc) is 3.14. The number of rotatable bonds is 10. The summed E-state index contributed by atoms with van der Waals surface area (Å²) < 4.78 is 16.6. The van der Waals surface area contributed by atoms with Crippen molar-refractivity contribution < 1.29 is 19.1 Å². The molecule has 188 valence electrons. The molecule has 0 aliphatic heterocycles. The molecule has 1 atom stereocenters. The second kappa shape index (κ2) is 10.9. The highest BCUT2D eigenvalue weighted by molar-refractivity contribution is 6.33. The number of hydrogen-bond donors (Lipinski definition) is 3. The number of aliphatic hydroxyl groups excluding tert-OH is 1. The Morgan fingerprint density at radius 3 is 2.66 bits per heavy atom. The SMILES string of the molecule is CNC[C@@H](O)COc1ccc(Cl)c(-c2nc(N[C@H]3C[C@@H](OC)C3)c(C)c(-c3c(C)noc3C)n2)c1. The molecule has 3 aromatic rings. The first-order valence-corrected chi connectivity index (χ1v) is 12.0. The first kappa shape index (κ1) is 25.4. The highest BCUT2D eigenvalue weighted by Crippen LogP contribution is 2.37. The Bertz CT molecular complexity index is 1160. The Labute approximate surface area is 210 Å². The van der Waals surface area contributed by atoms with Crippen LogP contribution in [0.3, 0.4) is 0 Å². The van der Waals surface area contributed by atoms with Gasteiger partial charge in [0.05, 0.1) is 28.1 Å². The van der Waals surface area contributed by atoms with Crippen molar-refractivity contribution in [1.29, 1.82) is 0 Å². The van der Waals surface area contributed by atoms with Gasteiger partial charge < -0.3 is 29.7 Å². The third-order valence-corrected chi connectivity index (χ3v) is 6.58. The molecular weight excluding hydrogens is 470 g/mol. The van der Waals surface area contributed by atoms with Crippen LogP contribution in [0.25, 0.3) is 22.6 Å². The van der Waals surface area contributed by atoms with Crippen molar-refractivity contribution in [3.05, 3.63) is 40.2 Å². The molecule has 4 rings (SSSR count). The number of hydrogen-bond acceptors (Lipinski definition) is 9. The van der Waals surface area contributed by atoms with Gasteiger partial charge in [-0.3, -0.25) is 0 Å². The van der Waals surface area contributed by atoms with E-state index < -0.39 is 6.10 Å². The van der Waals surface area contributed by atoms with E-state index in [1.54, 1.807) is 32.4 Å². The minimum atomic E-state index is -0.630. The zero-order valence-electron chi connectivity index (χ0n) is 20.7. The Morgan fingerprint density at radius 1 is 1.23 bits per heavy atom. The van der Waals surface area contributed by atoms with Gasteiger partial charge in [-0.15, -0.1) is 0 Å². The van der Waals surface area contributed by atoms with Crippen molar-refractivity contribution in [3.63, 3.8) is 0 Å². The molecule has 1 aromatic carbocycles. The van der Waals surface area contributed by atoms with Gasteiger partial charge in [-0.2, -0.15) is 0 Å². The van der Waals surface area contributed by atoms with Gasteiger partial charge in [0.2, 0.25) is 0 Å². The summed E-state index contributed by atoms with van der Waals surface area (Å²) in [5.74, 6) is 2.45. The number of halogens is 1. The number of aryl methyl sites for hydroxylation is 2. The van der Waals surface area contributed by atoms with Crippen LogP contribution in [0.15, 0.2) is 22.7 Å². The third-order valence-electron chi connectivity index (χ3n) is 6.25. The smallest absolute Gasteiger partial charge is 0.163 e. The second-order valence-corrected chi connectivity index (χ2v) is 9.31. The number of nitrogens with one attached hydrogen (secondary N) is 2. The summed E-state index contributed by atoms with van der Waals surface area (Å²) in [6.07, 6.45) is 1.46. The number of benzene rings is 1. The Hall–Kier alpha value is -2.72. The van der Waals surface area contributed by atoms with Crippen molar-refractivity contribution in [1.82, 2.24) is 20.4 Å². The molecule has 0 amide bonds. The monoisotopic (exact) mass is 501 g/mol. The van der Waals surface area contributed by atoms with Crippen molar-refractivity contribution >= 4 is 17.4 Å². The lowest BCUT2D eigenvalue weighted by atomic mass is 9.89. The highest BCUT2D eigenvalue weighted by atomic mass is 35.5. The maximum Gasteiger partial charge on any atom is 0.163 e. The van der Waals surface area contributed by atoms with E-state index in [1.807, 2.05) is 20.8 Å². The third kappa shape index (κ3) is 5.59. The minimum Gasteiger partial charge on any atom is -0.491 e. The summed E-state index contributed by atoms with van der Waals surface area (Å²) in [6.45, 7) is 6.34. The van der Waals surface area contributed by atoms with Gasteiger partial charge in [0.1, 0.15) is 30.0 Å². The van der Waals surface area contributed by atoms with Crippen molar-refractivity contribution in [3.8, 4) is 28.4 Å². The fourth-order valence-electron chi connectivity index (χ4n) is 4.16. The van der Waals surface area contributed by atoms with E-state index in [0.29, 0.717) is 34.5 Å². The molecule has 9 nitrogen and oxygen atoms in total. The zero-order valence-corrected chi connectivity index (χ0v) is 21.4. The molecule has 3 N–H and O–H groups in total. The molecule has 2 heterocycles. The van der Waals surface area contributed by atoms with Crippen LogP contribution in [0, 0.1) is 20.8 Å². The number of anilines is 1. The van der Waals surface area contributed by atoms with Gasteiger partial charge in [-0.25, -0.2) is 9.97 Å². The predicted octanol–water partition coefficient (Wildman–Crippen LogP) is 3.93. The standard InChI is InChI=1S/C25H32ClN5O4/c1-13-23(22-14(2)31-35-15(22)3)29-25(30-24(13)28-16-8-19(9-16)33-5)20-10-18(6-7-21(20)26)34-12-17(32)11-27-4/h6-7,10,16-17,19,27,32H,8-9,11-12H2,1-5H3,(H,28,29,30)/t16-,17-,19+/m1/s1. The first-order valence-electron chi connectivity index (χ1n) is 11.7. The molecule has 0 spiro atoms. The summed E-state index contributed by atoms with van der Waals surface area (Å²) in [5, 5.41) is 21.1. The molecule has 0 bridgehead atoms. The number of methoxy groups -OCH3 is 1. The van der Waals surface area contributed by atoms with Crippen LogP contribution in [0.5, 0.6) is 5.75 Å². The summed E-state index contributed by atoms with van der Waals surface area (Å²) in [6, 6.07) is 5.57. The van der Waals surface area contributed by atoms with Gasteiger partial charge in [-0.1, -0.05) is 16.8 Å². The lowest BCUT2D eigenvalue weighted by Gasteiger charge is -2.35. The highest BCUT2D eigenvalue weighted by Gasteiger charge is 2.30. The zero-order chi connectivity index (χ0) is 25.1. The first-order chi connectivity index (χ1) is 16.8. The van der Waals surface area contributed by atoms with Gasteiger partial charge in [0.25, 0.3) is 0 Å². The molecule has 1 aliphatic rings. The van der Waals surface area contributed by atoms with Crippen LogP contribution in [0.1, 0.15) is 29.9 Å². The van der Waals surface area contributed by atoms with Gasteiger partial charge in [0, 0.05) is 30.8 Å². The van der Waals surface area contributed by atoms with E-state index in [4.69, 9.17) is 35.6 Å². The molecule has 1 aliphatic carbocycles. The summed E-state index contributed by atoms with van der Waals surface area (Å²) in [5.41, 5.74) is 3.87. The normalized spacial score (nSPS) is 18.3. The summed E-state index contributed by atoms with van der Waals surface area (Å²) >= 11 is 6.59. The molecule has 1 saturated carbocycles. The summed E-state index contributed by atoms with van der Waals surface area (Å²) in [7, 11) is 3.51. The molecular formula is C25H32ClN5O4. The Kier molecular flexibility index (Phi) is 7.91. The van der Waals surface area contributed by atoms with Crippen LogP contribution < -0.4 is 15.4 Å². The number of likely N-dealkylation sites (N-methyl/N-ethyl adjacent to an activating group) is 1. The van der Waals surface area contributed by atoms with Gasteiger partial charge in [0.15, 0.2) is 5.82 Å². The lowest BCUT2D eigenvalue weighted by Crippen LogP contribution is -2.40. The van der Waals surface area contributed by atoms with E-state index in [-0.39, 0.29) is 18.8 Å². The topological polar surface area (TPSA) is 115 Å². The number of ether oxygens (including phenoxy) is 2. The quantitative estimate of drug-likeness (QED) is 0.380. The fraction of sp³-hybridized carbons (Fsp3) is 0.480. The van der Waals surface area contributed by atoms with Crippen LogP contribution in [0.2, 0.25) is 5.02 Å². The second-order valence-electron chi connectivity index (χ2n) is 8.90. The number of nitrogens with zero attached hydrogens (tertiary/aromatic N) is 3. The van der Waals surface area contributed by atoms with E-state index >= 15 is 0 Å². The summed E-state index contributed by atoms with van der Waals surface area (Å²) in [4.78, 5) is 9.76. The van der Waals surface area contributed by atoms with Crippen molar-refractivity contribution in [2.75, 3.05) is 32.6 Å². The molecule has 2 aromatic heterocycles. The molecule has 0 unspecified atom stereocenters. The molecule has 35 heavy (non-hydrogen) atoms.